The standard InChI is InChI=1S/C32H36FN5O3S/c1-22-10-11-25(20-24-12-14-36(15-13-24)28-8-4-3-6-26(28)21-34)23(2)30(22)32(39)38-18-16-37(17-19-38)29-9-5-7-27(33)31(29)42(35,40)41/h3-11,24H,12-20H2,1-2H3,(H2,35,40,41). The minimum Gasteiger partial charge on any atom is -0.370 e. The predicted octanol–water partition coefficient (Wildman–Crippen LogP) is 4.38. The quantitative estimate of drug-likeness (QED) is 0.457. The van der Waals surface area contributed by atoms with Crippen molar-refractivity contribution in [2.24, 2.45) is 11.1 Å². The van der Waals surface area contributed by atoms with Crippen LogP contribution in [0.5, 0.6) is 0 Å². The van der Waals surface area contributed by atoms with Gasteiger partial charge < -0.3 is 14.7 Å². The molecule has 220 valence electrons. The van der Waals surface area contributed by atoms with E-state index in [4.69, 9.17) is 5.14 Å². The van der Waals surface area contributed by atoms with Crippen molar-refractivity contribution < 1.29 is 17.6 Å². The molecular weight excluding hydrogens is 553 g/mol. The van der Waals surface area contributed by atoms with Crippen LogP contribution in [0.4, 0.5) is 15.8 Å². The summed E-state index contributed by atoms with van der Waals surface area (Å²) in [5.74, 6) is -0.433. The molecule has 2 N–H and O–H groups in total. The van der Waals surface area contributed by atoms with E-state index in [0.29, 0.717) is 37.7 Å². The number of amides is 1. The van der Waals surface area contributed by atoms with Crippen LogP contribution in [0.15, 0.2) is 59.5 Å². The van der Waals surface area contributed by atoms with E-state index in [9.17, 15) is 22.9 Å². The van der Waals surface area contributed by atoms with E-state index < -0.39 is 20.7 Å². The summed E-state index contributed by atoms with van der Waals surface area (Å²) in [5, 5.41) is 14.8. The number of para-hydroxylation sites is 1. The molecular formula is C32H36FN5O3S. The average Bonchev–Trinajstić information content (AvgIpc) is 2.98. The number of aryl methyl sites for hydroxylation is 1. The van der Waals surface area contributed by atoms with Crippen molar-refractivity contribution >= 4 is 27.3 Å². The number of benzene rings is 3. The van der Waals surface area contributed by atoms with Crippen LogP contribution in [-0.4, -0.2) is 58.5 Å². The van der Waals surface area contributed by atoms with Crippen LogP contribution in [0.2, 0.25) is 0 Å². The summed E-state index contributed by atoms with van der Waals surface area (Å²) >= 11 is 0. The molecule has 0 saturated carbocycles. The van der Waals surface area contributed by atoms with Crippen LogP contribution in [0.25, 0.3) is 0 Å². The van der Waals surface area contributed by atoms with Gasteiger partial charge in [0.05, 0.1) is 16.9 Å². The fraction of sp³-hybridized carbons (Fsp3) is 0.375. The minimum absolute atomic E-state index is 0.0414. The van der Waals surface area contributed by atoms with Gasteiger partial charge in [-0.25, -0.2) is 17.9 Å². The Morgan fingerprint density at radius 1 is 0.929 bits per heavy atom. The lowest BCUT2D eigenvalue weighted by Crippen LogP contribution is -2.49. The third-order valence-electron chi connectivity index (χ3n) is 8.63. The van der Waals surface area contributed by atoms with Gasteiger partial charge in [-0.1, -0.05) is 30.3 Å². The zero-order valence-corrected chi connectivity index (χ0v) is 24.8. The number of nitrogens with two attached hydrogens (primary N) is 1. The summed E-state index contributed by atoms with van der Waals surface area (Å²) < 4.78 is 38.5. The molecule has 2 saturated heterocycles. The van der Waals surface area contributed by atoms with Gasteiger partial charge in [0.15, 0.2) is 0 Å². The molecule has 3 aromatic rings. The highest BCUT2D eigenvalue weighted by Gasteiger charge is 2.29. The summed E-state index contributed by atoms with van der Waals surface area (Å²) in [6.45, 7) is 7.25. The molecule has 5 rings (SSSR count). The van der Waals surface area contributed by atoms with Crippen LogP contribution in [-0.2, 0) is 16.4 Å². The van der Waals surface area contributed by atoms with Gasteiger partial charge in [0.2, 0.25) is 10.0 Å². The zero-order valence-electron chi connectivity index (χ0n) is 24.0. The Morgan fingerprint density at radius 2 is 1.57 bits per heavy atom. The number of sulfonamides is 1. The van der Waals surface area contributed by atoms with Gasteiger partial charge in [-0.05, 0) is 80.0 Å². The van der Waals surface area contributed by atoms with E-state index in [1.165, 1.54) is 11.6 Å². The highest BCUT2D eigenvalue weighted by molar-refractivity contribution is 7.89. The van der Waals surface area contributed by atoms with Crippen molar-refractivity contribution in [3.8, 4) is 6.07 Å². The summed E-state index contributed by atoms with van der Waals surface area (Å²) in [6.07, 6.45) is 2.92. The number of nitrogens with zero attached hydrogens (tertiary/aromatic N) is 4. The number of rotatable bonds is 6. The van der Waals surface area contributed by atoms with E-state index in [0.717, 1.165) is 60.8 Å². The third kappa shape index (κ3) is 5.98. The smallest absolute Gasteiger partial charge is 0.254 e. The monoisotopic (exact) mass is 589 g/mol. The molecule has 1 amide bonds. The molecule has 0 aromatic heterocycles. The zero-order chi connectivity index (χ0) is 30.0. The molecule has 0 bridgehead atoms. The Kier molecular flexibility index (Phi) is 8.53. The van der Waals surface area contributed by atoms with Gasteiger partial charge in [-0.2, -0.15) is 5.26 Å². The number of carbonyl (C=O) groups is 1. The fourth-order valence-corrected chi connectivity index (χ4v) is 7.14. The first-order valence-electron chi connectivity index (χ1n) is 14.3. The molecule has 42 heavy (non-hydrogen) atoms. The second-order valence-electron chi connectivity index (χ2n) is 11.2. The Hall–Kier alpha value is -3.94. The lowest BCUT2D eigenvalue weighted by molar-refractivity contribution is 0.0745. The van der Waals surface area contributed by atoms with E-state index >= 15 is 0 Å². The second-order valence-corrected chi connectivity index (χ2v) is 12.7. The van der Waals surface area contributed by atoms with Gasteiger partial charge in [-0.15, -0.1) is 0 Å². The van der Waals surface area contributed by atoms with Crippen LogP contribution < -0.4 is 14.9 Å². The molecule has 2 aliphatic rings. The maximum absolute atomic E-state index is 14.4. The second kappa shape index (κ2) is 12.1. The van der Waals surface area contributed by atoms with Crippen molar-refractivity contribution in [2.45, 2.75) is 38.0 Å². The minimum atomic E-state index is -4.25. The molecule has 2 aliphatic heterocycles. The van der Waals surface area contributed by atoms with Crippen molar-refractivity contribution in [2.75, 3.05) is 49.1 Å². The highest BCUT2D eigenvalue weighted by atomic mass is 32.2. The number of halogens is 1. The van der Waals surface area contributed by atoms with Gasteiger partial charge in [0, 0.05) is 44.8 Å². The molecule has 0 radical (unpaired) electrons. The van der Waals surface area contributed by atoms with Crippen molar-refractivity contribution in [3.63, 3.8) is 0 Å². The topological polar surface area (TPSA) is 111 Å². The van der Waals surface area contributed by atoms with Crippen molar-refractivity contribution in [1.82, 2.24) is 4.90 Å². The number of nitriles is 1. The fourth-order valence-electron chi connectivity index (χ4n) is 6.31. The summed E-state index contributed by atoms with van der Waals surface area (Å²) in [4.78, 5) is 19.1. The van der Waals surface area contributed by atoms with Crippen LogP contribution in [0.3, 0.4) is 0 Å². The number of piperazine rings is 1. The molecule has 0 unspecified atom stereocenters. The highest BCUT2D eigenvalue weighted by Crippen LogP contribution is 2.31. The number of piperidine rings is 1. The largest absolute Gasteiger partial charge is 0.370 e. The van der Waals surface area contributed by atoms with Crippen LogP contribution in [0, 0.1) is 36.9 Å². The number of hydrogen-bond donors (Lipinski definition) is 1. The van der Waals surface area contributed by atoms with E-state index in [1.54, 1.807) is 15.9 Å². The molecule has 8 nitrogen and oxygen atoms in total. The molecule has 0 atom stereocenters. The first kappa shape index (κ1) is 29.5. The summed E-state index contributed by atoms with van der Waals surface area (Å²) in [6, 6.07) is 18.3. The lowest BCUT2D eigenvalue weighted by Gasteiger charge is -2.37. The summed E-state index contributed by atoms with van der Waals surface area (Å²) in [5.41, 5.74) is 5.75. The molecule has 2 fully saturated rings. The Bertz CT molecular complexity index is 1640. The SMILES string of the molecule is Cc1ccc(CC2CCN(c3ccccc3C#N)CC2)c(C)c1C(=O)N1CCN(c2cccc(F)c2S(N)(=O)=O)CC1. The maximum Gasteiger partial charge on any atom is 0.254 e. The lowest BCUT2D eigenvalue weighted by atomic mass is 9.86. The van der Waals surface area contributed by atoms with Crippen LogP contribution >= 0.6 is 0 Å². The first-order chi connectivity index (χ1) is 20.1. The summed E-state index contributed by atoms with van der Waals surface area (Å²) in [7, 11) is -4.25. The molecule has 10 heteroatoms. The number of hydrogen-bond acceptors (Lipinski definition) is 6. The van der Waals surface area contributed by atoms with E-state index in [-0.39, 0.29) is 11.6 Å². The van der Waals surface area contributed by atoms with Crippen molar-refractivity contribution in [1.29, 1.82) is 5.26 Å². The van der Waals surface area contributed by atoms with Gasteiger partial charge in [0.1, 0.15) is 16.8 Å². The van der Waals surface area contributed by atoms with Crippen LogP contribution in [0.1, 0.15) is 45.5 Å². The van der Waals surface area contributed by atoms with Gasteiger partial charge >= 0.3 is 0 Å². The average molecular weight is 590 g/mol. The Morgan fingerprint density at radius 3 is 2.24 bits per heavy atom. The van der Waals surface area contributed by atoms with Crippen molar-refractivity contribution in [3.05, 3.63) is 88.2 Å². The third-order valence-corrected chi connectivity index (χ3v) is 9.60. The number of primary sulfonamides is 1. The first-order valence-corrected chi connectivity index (χ1v) is 15.8. The molecule has 0 spiro atoms. The number of anilines is 2. The molecule has 2 heterocycles. The Balaban J connectivity index is 1.25. The van der Waals surface area contributed by atoms with Gasteiger partial charge in [0.25, 0.3) is 5.91 Å². The normalized spacial score (nSPS) is 16.4. The van der Waals surface area contributed by atoms with E-state index in [2.05, 4.69) is 17.0 Å². The van der Waals surface area contributed by atoms with Gasteiger partial charge in [-0.3, -0.25) is 4.79 Å². The van der Waals surface area contributed by atoms with E-state index in [1.807, 2.05) is 44.2 Å². The number of carbonyl (C=O) groups excluding carboxylic acids is 1. The molecule has 3 aromatic carbocycles. The predicted molar refractivity (Wildman–Crippen MR) is 162 cm³/mol. The molecule has 0 aliphatic carbocycles. The Labute approximate surface area is 247 Å². The maximum atomic E-state index is 14.4.